The molecule has 1 amide bonds. The Morgan fingerprint density at radius 1 is 1.25 bits per heavy atom. The summed E-state index contributed by atoms with van der Waals surface area (Å²) in [5.41, 5.74) is 0.174. The number of methoxy groups -OCH3 is 1. The zero-order valence-corrected chi connectivity index (χ0v) is 13.6. The Morgan fingerprint density at radius 2 is 1.92 bits per heavy atom. The molecule has 0 aliphatic rings. The first-order chi connectivity index (χ1) is 11.4. The summed E-state index contributed by atoms with van der Waals surface area (Å²) >= 11 is 0. The molecule has 1 atom stereocenters. The van der Waals surface area contributed by atoms with E-state index in [1.54, 1.807) is 20.2 Å². The van der Waals surface area contributed by atoms with Gasteiger partial charge in [0.25, 0.3) is 5.91 Å². The van der Waals surface area contributed by atoms with Crippen LogP contribution in [0.4, 0.5) is 5.69 Å². The van der Waals surface area contributed by atoms with Gasteiger partial charge in [0, 0.05) is 18.7 Å². The molecule has 0 radical (unpaired) electrons. The van der Waals surface area contributed by atoms with E-state index >= 15 is 0 Å². The lowest BCUT2D eigenvalue weighted by molar-refractivity contribution is -0.385. The second-order valence-corrected chi connectivity index (χ2v) is 5.26. The predicted octanol–water partition coefficient (Wildman–Crippen LogP) is 3.14. The van der Waals surface area contributed by atoms with E-state index in [2.05, 4.69) is 0 Å². The minimum atomic E-state index is -0.726. The normalized spacial score (nSPS) is 11.6. The van der Waals surface area contributed by atoms with Crippen LogP contribution in [0, 0.1) is 10.1 Å². The van der Waals surface area contributed by atoms with Crippen molar-refractivity contribution in [2.24, 2.45) is 0 Å². The van der Waals surface area contributed by atoms with Gasteiger partial charge in [-0.25, -0.2) is 0 Å². The number of para-hydroxylation sites is 2. The van der Waals surface area contributed by atoms with Crippen molar-refractivity contribution >= 4 is 11.6 Å². The van der Waals surface area contributed by atoms with Crippen molar-refractivity contribution in [3.05, 3.63) is 63.7 Å². The molecule has 0 heterocycles. The van der Waals surface area contributed by atoms with Crippen molar-refractivity contribution < 1.29 is 19.6 Å². The number of phenols is 1. The van der Waals surface area contributed by atoms with Gasteiger partial charge in [0.05, 0.1) is 23.6 Å². The summed E-state index contributed by atoms with van der Waals surface area (Å²) in [6, 6.07) is 10.8. The van der Waals surface area contributed by atoms with Crippen molar-refractivity contribution in [3.8, 4) is 11.5 Å². The number of hydrogen-bond donors (Lipinski definition) is 1. The fourth-order valence-electron chi connectivity index (χ4n) is 2.44. The fraction of sp³-hybridized carbons (Fsp3) is 0.235. The van der Waals surface area contributed by atoms with Crippen molar-refractivity contribution in [3.63, 3.8) is 0 Å². The number of amides is 1. The topological polar surface area (TPSA) is 92.9 Å². The van der Waals surface area contributed by atoms with E-state index in [1.807, 2.05) is 25.1 Å². The predicted molar refractivity (Wildman–Crippen MR) is 88.3 cm³/mol. The van der Waals surface area contributed by atoms with Gasteiger partial charge in [-0.3, -0.25) is 14.9 Å². The van der Waals surface area contributed by atoms with E-state index in [4.69, 9.17) is 4.74 Å². The SMILES string of the molecule is COc1ccccc1[C@@H](C)N(C)C(=O)c1cccc([N+](=O)[O-])c1O. The summed E-state index contributed by atoms with van der Waals surface area (Å²) in [7, 11) is 3.11. The van der Waals surface area contributed by atoms with Crippen LogP contribution in [0.2, 0.25) is 0 Å². The van der Waals surface area contributed by atoms with Crippen LogP contribution in [0.1, 0.15) is 28.9 Å². The zero-order valence-electron chi connectivity index (χ0n) is 13.6. The standard InChI is InChI=1S/C17H18N2O5/c1-11(12-7-4-5-10-15(12)24-3)18(2)17(21)13-8-6-9-14(16(13)20)19(22)23/h4-11,20H,1-3H3/t11-/m1/s1. The number of nitro groups is 1. The summed E-state index contributed by atoms with van der Waals surface area (Å²) in [4.78, 5) is 24.2. The molecule has 0 aliphatic carbocycles. The molecule has 0 aromatic heterocycles. The van der Waals surface area contributed by atoms with Gasteiger partial charge in [-0.05, 0) is 19.1 Å². The molecule has 0 bridgehead atoms. The van der Waals surface area contributed by atoms with Crippen LogP contribution in [0.15, 0.2) is 42.5 Å². The lowest BCUT2D eigenvalue weighted by atomic mass is 10.0. The van der Waals surface area contributed by atoms with Crippen LogP contribution in [-0.2, 0) is 0 Å². The monoisotopic (exact) mass is 330 g/mol. The number of nitro benzene ring substituents is 1. The molecule has 24 heavy (non-hydrogen) atoms. The van der Waals surface area contributed by atoms with Crippen molar-refractivity contribution in [2.75, 3.05) is 14.2 Å². The maximum Gasteiger partial charge on any atom is 0.311 e. The molecule has 0 saturated heterocycles. The fourth-order valence-corrected chi connectivity index (χ4v) is 2.44. The number of phenolic OH excluding ortho intramolecular Hbond substituents is 1. The van der Waals surface area contributed by atoms with Crippen LogP contribution < -0.4 is 4.74 Å². The third-order valence-electron chi connectivity index (χ3n) is 3.93. The number of nitrogens with zero attached hydrogens (tertiary/aromatic N) is 2. The Morgan fingerprint density at radius 3 is 2.54 bits per heavy atom. The number of hydrogen-bond acceptors (Lipinski definition) is 5. The van der Waals surface area contributed by atoms with Crippen LogP contribution in [0.25, 0.3) is 0 Å². The van der Waals surface area contributed by atoms with Gasteiger partial charge in [0.1, 0.15) is 5.75 Å². The summed E-state index contributed by atoms with van der Waals surface area (Å²) in [6.07, 6.45) is 0. The first kappa shape index (κ1) is 17.3. The number of ether oxygens (including phenoxy) is 1. The molecule has 0 fully saturated rings. The average molecular weight is 330 g/mol. The van der Waals surface area contributed by atoms with E-state index in [0.29, 0.717) is 5.75 Å². The van der Waals surface area contributed by atoms with Gasteiger partial charge in [-0.2, -0.15) is 0 Å². The van der Waals surface area contributed by atoms with Crippen LogP contribution in [-0.4, -0.2) is 35.0 Å². The Labute approximate surface area is 139 Å². The van der Waals surface area contributed by atoms with Gasteiger partial charge in [-0.1, -0.05) is 24.3 Å². The summed E-state index contributed by atoms with van der Waals surface area (Å²) in [5, 5.41) is 20.9. The van der Waals surface area contributed by atoms with Gasteiger partial charge in [-0.15, -0.1) is 0 Å². The molecule has 2 aromatic carbocycles. The first-order valence-electron chi connectivity index (χ1n) is 7.25. The maximum absolute atomic E-state index is 12.7. The molecular weight excluding hydrogens is 312 g/mol. The van der Waals surface area contributed by atoms with Crippen LogP contribution in [0.3, 0.4) is 0 Å². The van der Waals surface area contributed by atoms with Crippen molar-refractivity contribution in [2.45, 2.75) is 13.0 Å². The second kappa shape index (κ2) is 6.99. The molecule has 126 valence electrons. The molecule has 0 saturated carbocycles. The highest BCUT2D eigenvalue weighted by Gasteiger charge is 2.26. The smallest absolute Gasteiger partial charge is 0.311 e. The van der Waals surface area contributed by atoms with Gasteiger partial charge in [0.2, 0.25) is 5.75 Å². The first-order valence-corrected chi connectivity index (χ1v) is 7.25. The number of rotatable bonds is 5. The highest BCUT2D eigenvalue weighted by molar-refractivity contribution is 5.98. The molecule has 7 nitrogen and oxygen atoms in total. The highest BCUT2D eigenvalue weighted by Crippen LogP contribution is 2.33. The molecular formula is C17H18N2O5. The Bertz CT molecular complexity index is 775. The Kier molecular flexibility index (Phi) is 5.03. The van der Waals surface area contributed by atoms with Crippen molar-refractivity contribution in [1.29, 1.82) is 0 Å². The molecule has 0 unspecified atom stereocenters. The van der Waals surface area contributed by atoms with Gasteiger partial charge >= 0.3 is 5.69 Å². The summed E-state index contributed by atoms with van der Waals surface area (Å²) in [6.45, 7) is 1.81. The van der Waals surface area contributed by atoms with Gasteiger partial charge < -0.3 is 14.7 Å². The Hall–Kier alpha value is -3.09. The number of carbonyl (C=O) groups is 1. The highest BCUT2D eigenvalue weighted by atomic mass is 16.6. The molecule has 2 aromatic rings. The minimum Gasteiger partial charge on any atom is -0.502 e. The lowest BCUT2D eigenvalue weighted by Gasteiger charge is -2.26. The van der Waals surface area contributed by atoms with Crippen LogP contribution >= 0.6 is 0 Å². The largest absolute Gasteiger partial charge is 0.502 e. The van der Waals surface area contributed by atoms with Crippen LogP contribution in [0.5, 0.6) is 11.5 Å². The van der Waals surface area contributed by atoms with Gasteiger partial charge in [0.15, 0.2) is 0 Å². The van der Waals surface area contributed by atoms with E-state index < -0.39 is 22.3 Å². The molecule has 1 N–H and O–H groups in total. The van der Waals surface area contributed by atoms with E-state index in [0.717, 1.165) is 11.6 Å². The summed E-state index contributed by atoms with van der Waals surface area (Å²) < 4.78 is 5.30. The van der Waals surface area contributed by atoms with Crippen molar-refractivity contribution in [1.82, 2.24) is 4.90 Å². The van der Waals surface area contributed by atoms with E-state index in [1.165, 1.54) is 17.0 Å². The third-order valence-corrected chi connectivity index (χ3v) is 3.93. The zero-order chi connectivity index (χ0) is 17.9. The molecule has 0 spiro atoms. The molecule has 2 rings (SSSR count). The quantitative estimate of drug-likeness (QED) is 0.671. The maximum atomic E-state index is 12.7. The number of benzene rings is 2. The van der Waals surface area contributed by atoms with E-state index in [9.17, 15) is 20.0 Å². The second-order valence-electron chi connectivity index (χ2n) is 5.26. The van der Waals surface area contributed by atoms with E-state index in [-0.39, 0.29) is 11.6 Å². The lowest BCUT2D eigenvalue weighted by Crippen LogP contribution is -2.30. The number of carbonyl (C=O) groups excluding carboxylic acids is 1. The third kappa shape index (κ3) is 3.15. The minimum absolute atomic E-state index is 0.117. The Balaban J connectivity index is 2.36. The number of aromatic hydroxyl groups is 1. The average Bonchev–Trinajstić information content (AvgIpc) is 2.59. The summed E-state index contributed by atoms with van der Waals surface area (Å²) in [5.74, 6) is -0.519. The molecule has 0 aliphatic heterocycles. The molecule has 7 heteroatoms.